The Bertz CT molecular complexity index is 516. The number of benzene rings is 1. The molecule has 24 heavy (non-hydrogen) atoms. The van der Waals surface area contributed by atoms with E-state index in [1.54, 1.807) is 0 Å². The van der Waals surface area contributed by atoms with Gasteiger partial charge in [0, 0.05) is 5.92 Å². The Morgan fingerprint density at radius 2 is 1.83 bits per heavy atom. The number of esters is 1. The second-order valence-corrected chi connectivity index (χ2v) is 6.24. The van der Waals surface area contributed by atoms with Gasteiger partial charge in [0.05, 0.1) is 18.6 Å². The highest BCUT2D eigenvalue weighted by Crippen LogP contribution is 2.20. The van der Waals surface area contributed by atoms with Gasteiger partial charge in [0.25, 0.3) is 0 Å². The average Bonchev–Trinajstić information content (AvgIpc) is 2.55. The van der Waals surface area contributed by atoms with Crippen molar-refractivity contribution < 1.29 is 14.3 Å². The number of hydrogen-bond acceptors (Lipinski definition) is 4. The first-order chi connectivity index (χ1) is 11.1. The van der Waals surface area contributed by atoms with Gasteiger partial charge in [-0.15, -0.1) is 12.4 Å². The molecule has 0 aromatic heterocycles. The van der Waals surface area contributed by atoms with E-state index in [9.17, 15) is 9.59 Å². The fourth-order valence-electron chi connectivity index (χ4n) is 2.79. The molecule has 1 unspecified atom stereocenters. The van der Waals surface area contributed by atoms with Crippen LogP contribution in [0.3, 0.4) is 0 Å². The lowest BCUT2D eigenvalue weighted by Gasteiger charge is -2.25. The highest BCUT2D eigenvalue weighted by Gasteiger charge is 2.25. The molecule has 1 saturated heterocycles. The van der Waals surface area contributed by atoms with Crippen LogP contribution >= 0.6 is 12.4 Å². The van der Waals surface area contributed by atoms with Crippen LogP contribution in [0, 0.1) is 5.92 Å². The largest absolute Gasteiger partial charge is 0.463 e. The van der Waals surface area contributed by atoms with Gasteiger partial charge in [-0.2, -0.15) is 0 Å². The molecule has 0 radical (unpaired) electrons. The average molecular weight is 355 g/mol. The number of piperidine rings is 1. The normalized spacial score (nSPS) is 16.1. The summed E-state index contributed by atoms with van der Waals surface area (Å²) in [6.07, 6.45) is 1.67. The van der Waals surface area contributed by atoms with Gasteiger partial charge < -0.3 is 15.4 Å². The molecule has 0 aliphatic carbocycles. The molecule has 1 atom stereocenters. The summed E-state index contributed by atoms with van der Waals surface area (Å²) in [6, 6.07) is 9.25. The number of hydrogen-bond donors (Lipinski definition) is 2. The second kappa shape index (κ2) is 10.3. The van der Waals surface area contributed by atoms with Gasteiger partial charge >= 0.3 is 5.97 Å². The van der Waals surface area contributed by atoms with Crippen molar-refractivity contribution in [3.63, 3.8) is 0 Å². The molecule has 134 valence electrons. The predicted octanol–water partition coefficient (Wildman–Crippen LogP) is 2.61. The van der Waals surface area contributed by atoms with Gasteiger partial charge in [0.15, 0.2) is 0 Å². The zero-order chi connectivity index (χ0) is 16.7. The number of rotatable bonds is 6. The third kappa shape index (κ3) is 6.49. The van der Waals surface area contributed by atoms with Crippen molar-refractivity contribution in [2.45, 2.75) is 45.3 Å². The van der Waals surface area contributed by atoms with E-state index in [1.807, 2.05) is 44.2 Å². The molecule has 1 aromatic carbocycles. The number of halogens is 1. The third-order valence-electron chi connectivity index (χ3n) is 3.97. The predicted molar refractivity (Wildman–Crippen MR) is 96.0 cm³/mol. The van der Waals surface area contributed by atoms with Crippen LogP contribution in [-0.4, -0.2) is 31.1 Å². The lowest BCUT2D eigenvalue weighted by Crippen LogP contribution is -2.40. The van der Waals surface area contributed by atoms with Crippen LogP contribution in [0.25, 0.3) is 0 Å². The van der Waals surface area contributed by atoms with Crippen molar-refractivity contribution in [1.82, 2.24) is 10.6 Å². The molecule has 0 spiro atoms. The van der Waals surface area contributed by atoms with Gasteiger partial charge in [0.2, 0.25) is 5.91 Å². The van der Waals surface area contributed by atoms with Crippen LogP contribution in [0.2, 0.25) is 0 Å². The minimum Gasteiger partial charge on any atom is -0.463 e. The minimum atomic E-state index is -0.343. The number of ether oxygens (including phenoxy) is 1. The molecular formula is C18H27ClN2O3. The SMILES string of the molecule is CC(C)OC(=O)CC(NC(=O)C1CCNCC1)c1ccccc1.Cl. The highest BCUT2D eigenvalue weighted by molar-refractivity contribution is 5.85. The summed E-state index contributed by atoms with van der Waals surface area (Å²) in [5.74, 6) is -0.249. The van der Waals surface area contributed by atoms with E-state index < -0.39 is 0 Å². The van der Waals surface area contributed by atoms with Crippen LogP contribution in [0.15, 0.2) is 30.3 Å². The first kappa shape index (κ1) is 20.5. The summed E-state index contributed by atoms with van der Waals surface area (Å²) in [6.45, 7) is 5.37. The molecule has 6 heteroatoms. The number of carbonyl (C=O) groups is 2. The molecule has 2 rings (SSSR count). The van der Waals surface area contributed by atoms with Crippen LogP contribution in [0.5, 0.6) is 0 Å². The molecular weight excluding hydrogens is 328 g/mol. The first-order valence-corrected chi connectivity index (χ1v) is 8.31. The fourth-order valence-corrected chi connectivity index (χ4v) is 2.79. The zero-order valence-electron chi connectivity index (χ0n) is 14.3. The standard InChI is InChI=1S/C18H26N2O3.ClH/c1-13(2)23-17(21)12-16(14-6-4-3-5-7-14)20-18(22)15-8-10-19-11-9-15;/h3-7,13,15-16,19H,8-12H2,1-2H3,(H,20,22);1H. The van der Waals surface area contributed by atoms with E-state index in [-0.39, 0.29) is 48.8 Å². The highest BCUT2D eigenvalue weighted by atomic mass is 35.5. The van der Waals surface area contributed by atoms with Crippen molar-refractivity contribution in [2.24, 2.45) is 5.92 Å². The molecule has 5 nitrogen and oxygen atoms in total. The number of carbonyl (C=O) groups excluding carboxylic acids is 2. The Balaban J connectivity index is 0.00000288. The molecule has 2 N–H and O–H groups in total. The van der Waals surface area contributed by atoms with E-state index in [2.05, 4.69) is 10.6 Å². The second-order valence-electron chi connectivity index (χ2n) is 6.24. The molecule has 1 aliphatic rings. The van der Waals surface area contributed by atoms with E-state index in [4.69, 9.17) is 4.74 Å². The smallest absolute Gasteiger partial charge is 0.308 e. The molecule has 1 heterocycles. The number of nitrogens with one attached hydrogen (secondary N) is 2. The van der Waals surface area contributed by atoms with Gasteiger partial charge in [-0.3, -0.25) is 9.59 Å². The Morgan fingerprint density at radius 1 is 1.21 bits per heavy atom. The Kier molecular flexibility index (Phi) is 8.79. The van der Waals surface area contributed by atoms with Gasteiger partial charge in [-0.1, -0.05) is 30.3 Å². The topological polar surface area (TPSA) is 67.4 Å². The lowest BCUT2D eigenvalue weighted by atomic mass is 9.95. The van der Waals surface area contributed by atoms with Crippen molar-refractivity contribution in [1.29, 1.82) is 0 Å². The monoisotopic (exact) mass is 354 g/mol. The zero-order valence-corrected chi connectivity index (χ0v) is 15.1. The van der Waals surface area contributed by atoms with E-state index in [0.717, 1.165) is 31.5 Å². The maximum absolute atomic E-state index is 12.5. The summed E-state index contributed by atoms with van der Waals surface area (Å²) < 4.78 is 5.23. The van der Waals surface area contributed by atoms with Crippen molar-refractivity contribution >= 4 is 24.3 Å². The van der Waals surface area contributed by atoms with Gasteiger partial charge in [-0.05, 0) is 45.3 Å². The summed E-state index contributed by atoms with van der Waals surface area (Å²) in [5, 5.41) is 6.29. The van der Waals surface area contributed by atoms with Crippen LogP contribution in [-0.2, 0) is 14.3 Å². The molecule has 1 aromatic rings. The first-order valence-electron chi connectivity index (χ1n) is 8.31. The van der Waals surface area contributed by atoms with E-state index in [0.29, 0.717) is 0 Å². The van der Waals surface area contributed by atoms with Crippen molar-refractivity contribution in [2.75, 3.05) is 13.1 Å². The maximum atomic E-state index is 12.5. The van der Waals surface area contributed by atoms with Crippen LogP contribution < -0.4 is 10.6 Å². The summed E-state index contributed by atoms with van der Waals surface area (Å²) in [4.78, 5) is 24.5. The molecule has 1 aliphatic heterocycles. The summed E-state index contributed by atoms with van der Waals surface area (Å²) in [5.41, 5.74) is 0.926. The third-order valence-corrected chi connectivity index (χ3v) is 3.97. The Morgan fingerprint density at radius 3 is 2.42 bits per heavy atom. The summed E-state index contributed by atoms with van der Waals surface area (Å²) >= 11 is 0. The molecule has 1 fully saturated rings. The van der Waals surface area contributed by atoms with Crippen molar-refractivity contribution in [3.05, 3.63) is 35.9 Å². The molecule has 0 bridgehead atoms. The maximum Gasteiger partial charge on any atom is 0.308 e. The Labute approximate surface area is 149 Å². The fraction of sp³-hybridized carbons (Fsp3) is 0.556. The minimum absolute atomic E-state index is 0. The summed E-state index contributed by atoms with van der Waals surface area (Å²) in [7, 11) is 0. The van der Waals surface area contributed by atoms with Crippen molar-refractivity contribution in [3.8, 4) is 0 Å². The Hall–Kier alpha value is -1.59. The van der Waals surface area contributed by atoms with Crippen LogP contribution in [0.1, 0.15) is 44.7 Å². The van der Waals surface area contributed by atoms with E-state index in [1.165, 1.54) is 0 Å². The number of amides is 1. The van der Waals surface area contributed by atoms with Crippen LogP contribution in [0.4, 0.5) is 0 Å². The lowest BCUT2D eigenvalue weighted by molar-refractivity contribution is -0.148. The quantitative estimate of drug-likeness (QED) is 0.770. The van der Waals surface area contributed by atoms with E-state index >= 15 is 0 Å². The van der Waals surface area contributed by atoms with Gasteiger partial charge in [-0.25, -0.2) is 0 Å². The van der Waals surface area contributed by atoms with Gasteiger partial charge in [0.1, 0.15) is 0 Å². The molecule has 0 saturated carbocycles. The molecule has 1 amide bonds.